The summed E-state index contributed by atoms with van der Waals surface area (Å²) in [5, 5.41) is 0. The summed E-state index contributed by atoms with van der Waals surface area (Å²) < 4.78 is 20.0. The molecule has 0 saturated carbocycles. The lowest BCUT2D eigenvalue weighted by Crippen LogP contribution is -2.07. The minimum Gasteiger partial charge on any atom is -0.457 e. The third kappa shape index (κ3) is 3.20. The van der Waals surface area contributed by atoms with Gasteiger partial charge in [-0.05, 0) is 72.0 Å². The van der Waals surface area contributed by atoms with Crippen molar-refractivity contribution in [2.45, 2.75) is 13.0 Å². The summed E-state index contributed by atoms with van der Waals surface area (Å²) >= 11 is 2.22. The molecule has 2 rings (SSSR count). The van der Waals surface area contributed by atoms with Crippen LogP contribution in [0.3, 0.4) is 0 Å². The number of nitrogens with two attached hydrogens (primary N) is 1. The molecule has 0 fully saturated rings. The summed E-state index contributed by atoms with van der Waals surface area (Å²) in [6.07, 6.45) is 0. The van der Waals surface area contributed by atoms with Crippen LogP contribution in [0, 0.1) is 9.39 Å². The van der Waals surface area contributed by atoms with Gasteiger partial charge in [0.1, 0.15) is 17.3 Å². The number of ether oxygens (including phenoxy) is 1. The maximum absolute atomic E-state index is 13.2. The zero-order valence-corrected chi connectivity index (χ0v) is 12.0. The third-order valence-electron chi connectivity index (χ3n) is 2.50. The van der Waals surface area contributed by atoms with Crippen LogP contribution >= 0.6 is 22.6 Å². The van der Waals surface area contributed by atoms with Crippen molar-refractivity contribution in [1.29, 1.82) is 0 Å². The molecule has 0 bridgehead atoms. The summed E-state index contributed by atoms with van der Waals surface area (Å²) in [4.78, 5) is 0. The summed E-state index contributed by atoms with van der Waals surface area (Å²) in [5.41, 5.74) is 6.47. The Labute approximate surface area is 119 Å². The van der Waals surface area contributed by atoms with Gasteiger partial charge in [0.05, 0.1) is 0 Å². The van der Waals surface area contributed by atoms with E-state index in [-0.39, 0.29) is 11.9 Å². The van der Waals surface area contributed by atoms with Crippen molar-refractivity contribution < 1.29 is 9.13 Å². The molecule has 0 aliphatic rings. The lowest BCUT2D eigenvalue weighted by molar-refractivity contribution is 0.469. The van der Waals surface area contributed by atoms with Gasteiger partial charge in [-0.25, -0.2) is 4.39 Å². The predicted octanol–water partition coefficient (Wildman–Crippen LogP) is 4.24. The molecule has 4 heteroatoms. The van der Waals surface area contributed by atoms with Crippen LogP contribution < -0.4 is 10.5 Å². The van der Waals surface area contributed by atoms with Crippen molar-refractivity contribution in [2.24, 2.45) is 5.73 Å². The zero-order valence-electron chi connectivity index (χ0n) is 9.86. The van der Waals surface area contributed by atoms with Gasteiger partial charge in [-0.3, -0.25) is 0 Å². The molecule has 2 nitrogen and oxygen atoms in total. The van der Waals surface area contributed by atoms with E-state index in [0.717, 1.165) is 3.57 Å². The molecule has 1 unspecified atom stereocenters. The number of halogens is 2. The van der Waals surface area contributed by atoms with Crippen molar-refractivity contribution in [3.05, 3.63) is 57.4 Å². The first-order valence-electron chi connectivity index (χ1n) is 5.54. The SMILES string of the molecule is CC(N)c1cc(F)ccc1Oc1ccc(I)cc1. The first-order valence-corrected chi connectivity index (χ1v) is 6.62. The van der Waals surface area contributed by atoms with Gasteiger partial charge in [-0.1, -0.05) is 0 Å². The summed E-state index contributed by atoms with van der Waals surface area (Å²) in [7, 11) is 0. The first kappa shape index (κ1) is 13.3. The molecule has 2 aromatic rings. The molecular formula is C14H13FINO. The smallest absolute Gasteiger partial charge is 0.132 e. The average molecular weight is 357 g/mol. The van der Waals surface area contributed by atoms with Crippen LogP contribution in [0.4, 0.5) is 4.39 Å². The molecule has 0 aliphatic heterocycles. The fourth-order valence-corrected chi connectivity index (χ4v) is 1.96. The van der Waals surface area contributed by atoms with Gasteiger partial charge >= 0.3 is 0 Å². The van der Waals surface area contributed by atoms with Crippen LogP contribution in [0.5, 0.6) is 11.5 Å². The Morgan fingerprint density at radius 2 is 1.83 bits per heavy atom. The molecule has 0 aliphatic carbocycles. The number of benzene rings is 2. The minimum absolute atomic E-state index is 0.278. The molecule has 0 spiro atoms. The molecule has 0 amide bonds. The third-order valence-corrected chi connectivity index (χ3v) is 3.22. The van der Waals surface area contributed by atoms with E-state index in [1.54, 1.807) is 13.0 Å². The molecule has 0 saturated heterocycles. The zero-order chi connectivity index (χ0) is 13.1. The molecule has 0 heterocycles. The van der Waals surface area contributed by atoms with Crippen molar-refractivity contribution in [3.8, 4) is 11.5 Å². The highest BCUT2D eigenvalue weighted by Crippen LogP contribution is 2.29. The maximum Gasteiger partial charge on any atom is 0.132 e. The van der Waals surface area contributed by atoms with Crippen molar-refractivity contribution >= 4 is 22.6 Å². The second-order valence-corrected chi connectivity index (χ2v) is 5.27. The van der Waals surface area contributed by atoms with Gasteiger partial charge in [0.15, 0.2) is 0 Å². The van der Waals surface area contributed by atoms with Crippen molar-refractivity contribution in [2.75, 3.05) is 0 Å². The minimum atomic E-state index is -0.308. The molecule has 94 valence electrons. The van der Waals surface area contributed by atoms with Crippen LogP contribution in [-0.2, 0) is 0 Å². The summed E-state index contributed by atoms with van der Waals surface area (Å²) in [6, 6.07) is 11.7. The highest BCUT2D eigenvalue weighted by atomic mass is 127. The van der Waals surface area contributed by atoms with Crippen molar-refractivity contribution in [3.63, 3.8) is 0 Å². The molecule has 0 radical (unpaired) electrons. The number of rotatable bonds is 3. The number of hydrogen-bond donors (Lipinski definition) is 1. The Hall–Kier alpha value is -1.14. The van der Waals surface area contributed by atoms with Gasteiger partial charge < -0.3 is 10.5 Å². The van der Waals surface area contributed by atoms with Gasteiger partial charge in [-0.2, -0.15) is 0 Å². The van der Waals surface area contributed by atoms with E-state index < -0.39 is 0 Å². The molecular weight excluding hydrogens is 344 g/mol. The standard InChI is InChI=1S/C14H13FINO/c1-9(17)13-8-10(15)2-7-14(13)18-12-5-3-11(16)4-6-12/h2-9H,17H2,1H3. The quantitative estimate of drug-likeness (QED) is 0.834. The Morgan fingerprint density at radius 3 is 2.44 bits per heavy atom. The van der Waals surface area contributed by atoms with Crippen LogP contribution in [0.15, 0.2) is 42.5 Å². The van der Waals surface area contributed by atoms with Crippen LogP contribution in [-0.4, -0.2) is 0 Å². The fourth-order valence-electron chi connectivity index (χ4n) is 1.60. The first-order chi connectivity index (χ1) is 8.56. The maximum atomic E-state index is 13.2. The second-order valence-electron chi connectivity index (χ2n) is 4.03. The van der Waals surface area contributed by atoms with E-state index in [0.29, 0.717) is 17.1 Å². The van der Waals surface area contributed by atoms with Gasteiger partial charge in [0, 0.05) is 15.2 Å². The van der Waals surface area contributed by atoms with Crippen molar-refractivity contribution in [1.82, 2.24) is 0 Å². The second kappa shape index (κ2) is 5.67. The Balaban J connectivity index is 2.31. The highest BCUT2D eigenvalue weighted by molar-refractivity contribution is 14.1. The lowest BCUT2D eigenvalue weighted by Gasteiger charge is -2.13. The van der Waals surface area contributed by atoms with E-state index in [9.17, 15) is 4.39 Å². The van der Waals surface area contributed by atoms with Gasteiger partial charge in [0.2, 0.25) is 0 Å². The van der Waals surface area contributed by atoms with Crippen LogP contribution in [0.1, 0.15) is 18.5 Å². The van der Waals surface area contributed by atoms with E-state index in [1.807, 2.05) is 24.3 Å². The average Bonchev–Trinajstić information content (AvgIpc) is 2.34. The Bertz CT molecular complexity index is 540. The Kier molecular flexibility index (Phi) is 4.19. The highest BCUT2D eigenvalue weighted by Gasteiger charge is 2.10. The summed E-state index contributed by atoms with van der Waals surface area (Å²) in [6.45, 7) is 1.80. The lowest BCUT2D eigenvalue weighted by atomic mass is 10.1. The summed E-state index contributed by atoms with van der Waals surface area (Å²) in [5.74, 6) is 0.994. The van der Waals surface area contributed by atoms with E-state index in [1.165, 1.54) is 12.1 Å². The van der Waals surface area contributed by atoms with Gasteiger partial charge in [0.25, 0.3) is 0 Å². The molecule has 2 N–H and O–H groups in total. The monoisotopic (exact) mass is 357 g/mol. The van der Waals surface area contributed by atoms with Crippen LogP contribution in [0.2, 0.25) is 0 Å². The van der Waals surface area contributed by atoms with Gasteiger partial charge in [-0.15, -0.1) is 0 Å². The molecule has 0 aromatic heterocycles. The van der Waals surface area contributed by atoms with E-state index >= 15 is 0 Å². The Morgan fingerprint density at radius 1 is 1.17 bits per heavy atom. The normalized spacial score (nSPS) is 12.2. The van der Waals surface area contributed by atoms with E-state index in [2.05, 4.69) is 22.6 Å². The molecule has 2 aromatic carbocycles. The molecule has 18 heavy (non-hydrogen) atoms. The predicted molar refractivity (Wildman–Crippen MR) is 78.2 cm³/mol. The molecule has 1 atom stereocenters. The van der Waals surface area contributed by atoms with Crippen LogP contribution in [0.25, 0.3) is 0 Å². The fraction of sp³-hybridized carbons (Fsp3) is 0.143. The van der Waals surface area contributed by atoms with E-state index in [4.69, 9.17) is 10.5 Å². The number of hydrogen-bond acceptors (Lipinski definition) is 2. The largest absolute Gasteiger partial charge is 0.457 e. The topological polar surface area (TPSA) is 35.2 Å².